The number of carbonyl (C=O) groups excluding carboxylic acids is 2. The van der Waals surface area contributed by atoms with Crippen LogP contribution < -0.4 is 9.64 Å². The molecule has 6 atom stereocenters. The molecule has 0 bridgehead atoms. The molecule has 38 heavy (non-hydrogen) atoms. The Morgan fingerprint density at radius 2 is 1.87 bits per heavy atom. The van der Waals surface area contributed by atoms with Crippen LogP contribution in [0.5, 0.6) is 5.75 Å². The van der Waals surface area contributed by atoms with Crippen molar-refractivity contribution in [2.45, 2.75) is 58.5 Å². The van der Waals surface area contributed by atoms with Gasteiger partial charge in [-0.3, -0.25) is 14.5 Å². The summed E-state index contributed by atoms with van der Waals surface area (Å²) in [5, 5.41) is 11.0. The number of ether oxygens (including phenoxy) is 1. The van der Waals surface area contributed by atoms with Crippen LogP contribution in [0.3, 0.4) is 0 Å². The molecule has 6 nitrogen and oxygen atoms in total. The molecule has 4 aliphatic carbocycles. The van der Waals surface area contributed by atoms with Gasteiger partial charge in [-0.25, -0.2) is 0 Å². The second kappa shape index (κ2) is 9.63. The molecule has 1 aromatic rings. The number of methoxy groups -OCH3 is 1. The summed E-state index contributed by atoms with van der Waals surface area (Å²) in [4.78, 5) is 30.6. The number of rotatable bonds is 5. The van der Waals surface area contributed by atoms with Gasteiger partial charge in [-0.2, -0.15) is 0 Å². The zero-order chi connectivity index (χ0) is 26.7. The smallest absolute Gasteiger partial charge is 0.158 e. The van der Waals surface area contributed by atoms with Crippen LogP contribution in [0.4, 0.5) is 5.69 Å². The lowest BCUT2D eigenvalue weighted by Gasteiger charge is -2.54. The molecule has 0 aromatic heterocycles. The van der Waals surface area contributed by atoms with E-state index in [4.69, 9.17) is 4.74 Å². The number of aliphatic hydroxyl groups excluding tert-OH is 1. The van der Waals surface area contributed by atoms with E-state index in [0.29, 0.717) is 24.2 Å². The van der Waals surface area contributed by atoms with Crippen molar-refractivity contribution in [3.8, 4) is 5.75 Å². The fraction of sp³-hybridized carbons (Fsp3) is 0.625. The molecule has 6 rings (SSSR count). The van der Waals surface area contributed by atoms with E-state index >= 15 is 0 Å². The predicted octanol–water partition coefficient (Wildman–Crippen LogP) is 4.43. The highest BCUT2D eigenvalue weighted by atomic mass is 16.5. The molecular formula is C32H42N2O4. The van der Waals surface area contributed by atoms with Crippen molar-refractivity contribution in [3.05, 3.63) is 47.6 Å². The largest absolute Gasteiger partial charge is 0.495 e. The number of aliphatic hydroxyl groups is 1. The van der Waals surface area contributed by atoms with Crippen LogP contribution in [-0.2, 0) is 9.59 Å². The number of benzene rings is 1. The number of ketones is 2. The van der Waals surface area contributed by atoms with Gasteiger partial charge in [-0.1, -0.05) is 36.3 Å². The number of para-hydroxylation sites is 2. The summed E-state index contributed by atoms with van der Waals surface area (Å²) >= 11 is 0. The molecule has 2 saturated carbocycles. The van der Waals surface area contributed by atoms with E-state index < -0.39 is 11.5 Å². The minimum Gasteiger partial charge on any atom is -0.495 e. The SMILES string of the molecule is COc1ccccc1N1CCN(CC(=O)[C@H]2CC[C@H]3[C@@H]4CCC5=CC(=O)CC(O)[C@]5(C)C4=CC[C@]23C)CC1. The van der Waals surface area contributed by atoms with E-state index in [1.165, 1.54) is 5.57 Å². The Labute approximate surface area is 226 Å². The third-order valence-electron chi connectivity index (χ3n) is 11.0. The Balaban J connectivity index is 1.14. The van der Waals surface area contributed by atoms with E-state index in [1.54, 1.807) is 7.11 Å². The fourth-order valence-corrected chi connectivity index (χ4v) is 8.80. The van der Waals surface area contributed by atoms with Crippen LogP contribution >= 0.6 is 0 Å². The van der Waals surface area contributed by atoms with Crippen molar-refractivity contribution in [3.63, 3.8) is 0 Å². The van der Waals surface area contributed by atoms with E-state index in [-0.39, 0.29) is 23.5 Å². The van der Waals surface area contributed by atoms with Crippen LogP contribution in [0.1, 0.15) is 52.4 Å². The summed E-state index contributed by atoms with van der Waals surface area (Å²) in [5.41, 5.74) is 3.16. The molecule has 5 aliphatic rings. The molecule has 0 radical (unpaired) electrons. The van der Waals surface area contributed by atoms with Gasteiger partial charge in [-0.15, -0.1) is 0 Å². The average Bonchev–Trinajstić information content (AvgIpc) is 3.27. The van der Waals surface area contributed by atoms with Gasteiger partial charge >= 0.3 is 0 Å². The first-order chi connectivity index (χ1) is 18.3. The molecule has 1 aromatic carbocycles. The third kappa shape index (κ3) is 3.98. The first-order valence-electron chi connectivity index (χ1n) is 14.5. The van der Waals surface area contributed by atoms with Crippen molar-refractivity contribution in [1.82, 2.24) is 4.90 Å². The number of fused-ring (bicyclic) bond motifs is 5. The quantitative estimate of drug-likeness (QED) is 0.582. The molecular weight excluding hydrogens is 476 g/mol. The molecule has 1 aliphatic heterocycles. The Kier molecular flexibility index (Phi) is 6.55. The van der Waals surface area contributed by atoms with Crippen LogP contribution in [0, 0.1) is 28.6 Å². The van der Waals surface area contributed by atoms with Gasteiger partial charge in [0.2, 0.25) is 0 Å². The highest BCUT2D eigenvalue weighted by molar-refractivity contribution is 5.92. The molecule has 1 saturated heterocycles. The zero-order valence-electron chi connectivity index (χ0n) is 23.1. The van der Waals surface area contributed by atoms with Gasteiger partial charge in [0.25, 0.3) is 0 Å². The topological polar surface area (TPSA) is 70.1 Å². The number of anilines is 1. The Hall–Kier alpha value is -2.44. The number of piperazine rings is 1. The van der Waals surface area contributed by atoms with Crippen LogP contribution in [0.25, 0.3) is 0 Å². The van der Waals surface area contributed by atoms with Crippen molar-refractivity contribution >= 4 is 17.3 Å². The van der Waals surface area contributed by atoms with Crippen LogP contribution in [-0.4, -0.2) is 67.5 Å². The fourth-order valence-electron chi connectivity index (χ4n) is 8.80. The first-order valence-corrected chi connectivity index (χ1v) is 14.5. The normalized spacial score (nSPS) is 37.1. The maximum absolute atomic E-state index is 13.8. The maximum Gasteiger partial charge on any atom is 0.158 e. The van der Waals surface area contributed by atoms with Crippen molar-refractivity contribution in [2.24, 2.45) is 28.6 Å². The van der Waals surface area contributed by atoms with Gasteiger partial charge in [0.05, 0.1) is 25.4 Å². The molecule has 1 unspecified atom stereocenters. The van der Waals surface area contributed by atoms with Gasteiger partial charge in [0, 0.05) is 43.9 Å². The van der Waals surface area contributed by atoms with Gasteiger partial charge in [0.1, 0.15) is 11.5 Å². The summed E-state index contributed by atoms with van der Waals surface area (Å²) in [5.74, 6) is 2.34. The third-order valence-corrected chi connectivity index (χ3v) is 11.0. The molecule has 3 fully saturated rings. The monoisotopic (exact) mass is 518 g/mol. The van der Waals surface area contributed by atoms with Crippen molar-refractivity contribution in [1.29, 1.82) is 0 Å². The van der Waals surface area contributed by atoms with E-state index in [2.05, 4.69) is 35.8 Å². The van der Waals surface area contributed by atoms with E-state index in [9.17, 15) is 14.7 Å². The Morgan fingerprint density at radius 1 is 1.11 bits per heavy atom. The maximum atomic E-state index is 13.8. The van der Waals surface area contributed by atoms with Crippen LogP contribution in [0.2, 0.25) is 0 Å². The van der Waals surface area contributed by atoms with E-state index in [0.717, 1.165) is 75.3 Å². The Bertz CT molecular complexity index is 1180. The standard InChI is InChI=1S/C32H42N2O4/c1-31-13-12-25-23(9-8-21-18-22(35)19-30(37)32(21,25)2)24(31)10-11-26(31)28(36)20-33-14-16-34(17-15-33)27-6-4-5-7-29(27)38-3/h4-7,12,18,23-24,26,30,37H,8-11,13-17,19-20H2,1-3H3/t23-,24-,26+,30?,31-,32-/m0/s1. The number of hydrogen-bond donors (Lipinski definition) is 1. The second-order valence-electron chi connectivity index (χ2n) is 12.7. The lowest BCUT2D eigenvalue weighted by atomic mass is 9.50. The molecule has 1 N–H and O–H groups in total. The number of nitrogens with zero attached hydrogens (tertiary/aromatic N) is 2. The lowest BCUT2D eigenvalue weighted by Crippen LogP contribution is -2.51. The molecule has 1 heterocycles. The lowest BCUT2D eigenvalue weighted by molar-refractivity contribution is -0.128. The zero-order valence-corrected chi connectivity index (χ0v) is 23.1. The summed E-state index contributed by atoms with van der Waals surface area (Å²) in [7, 11) is 1.72. The minimum absolute atomic E-state index is 0.0164. The summed E-state index contributed by atoms with van der Waals surface area (Å²) in [6, 6.07) is 8.16. The highest BCUT2D eigenvalue weighted by Gasteiger charge is 2.58. The number of carbonyl (C=O) groups is 2. The van der Waals surface area contributed by atoms with Gasteiger partial charge in [-0.05, 0) is 74.5 Å². The van der Waals surface area contributed by atoms with Crippen molar-refractivity contribution in [2.75, 3.05) is 44.7 Å². The molecule has 0 amide bonds. The van der Waals surface area contributed by atoms with Crippen molar-refractivity contribution < 1.29 is 19.4 Å². The highest BCUT2D eigenvalue weighted by Crippen LogP contribution is 2.64. The summed E-state index contributed by atoms with van der Waals surface area (Å²) in [6.07, 6.45) is 8.61. The summed E-state index contributed by atoms with van der Waals surface area (Å²) in [6.45, 7) is 8.60. The molecule has 204 valence electrons. The number of hydrogen-bond acceptors (Lipinski definition) is 6. The molecule has 0 spiro atoms. The van der Waals surface area contributed by atoms with E-state index in [1.807, 2.05) is 24.3 Å². The summed E-state index contributed by atoms with van der Waals surface area (Å²) < 4.78 is 5.56. The number of Topliss-reactive ketones (excluding diaryl/α,β-unsaturated/α-hetero) is 1. The van der Waals surface area contributed by atoms with Gasteiger partial charge in [0.15, 0.2) is 5.78 Å². The Morgan fingerprint density at radius 3 is 2.63 bits per heavy atom. The predicted molar refractivity (Wildman–Crippen MR) is 148 cm³/mol. The average molecular weight is 519 g/mol. The van der Waals surface area contributed by atoms with Gasteiger partial charge < -0.3 is 14.7 Å². The molecule has 6 heteroatoms. The second-order valence-corrected chi connectivity index (χ2v) is 12.7. The van der Waals surface area contributed by atoms with Crippen LogP contribution in [0.15, 0.2) is 47.6 Å². The first kappa shape index (κ1) is 25.8. The number of allylic oxidation sites excluding steroid dienone is 2. The minimum atomic E-state index is -0.637.